The Balaban J connectivity index is -0.000000117. The number of carbonyl (C=O) groups is 2. The van der Waals surface area contributed by atoms with E-state index in [9.17, 15) is 19.8 Å². The molecule has 0 radical (unpaired) electrons. The van der Waals surface area contributed by atoms with Gasteiger partial charge in [0.05, 0.1) is 0 Å². The van der Waals surface area contributed by atoms with Gasteiger partial charge in [0.15, 0.2) is 0 Å². The van der Waals surface area contributed by atoms with Crippen LogP contribution in [0.5, 0.6) is 0 Å². The Morgan fingerprint density at radius 3 is 1.45 bits per heavy atom. The summed E-state index contributed by atoms with van der Waals surface area (Å²) in [5.41, 5.74) is 0.487. The molecule has 0 heterocycles. The molecule has 0 aromatic rings. The molecule has 0 aromatic carbocycles. The second kappa shape index (κ2) is 15.4. The molecule has 0 spiro atoms. The third-order valence-electron chi connectivity index (χ3n) is 2.81. The number of carboxylic acid groups (broad SMARTS) is 2. The van der Waals surface area contributed by atoms with Crippen molar-refractivity contribution in [1.82, 2.24) is 0 Å². The third-order valence-corrected chi connectivity index (χ3v) is 2.81. The zero-order chi connectivity index (χ0) is 13.5. The number of hydrogen-bond donors (Lipinski definition) is 0. The predicted octanol–water partition coefficient (Wildman–Crippen LogP) is -8.54. The molecule has 1 fully saturated rings. The van der Waals surface area contributed by atoms with Crippen LogP contribution < -0.4 is 88.2 Å². The van der Waals surface area contributed by atoms with Gasteiger partial charge in [-0.15, -0.1) is 0 Å². The first kappa shape index (κ1) is 29.5. The van der Waals surface area contributed by atoms with Gasteiger partial charge < -0.3 is 25.7 Å². The van der Waals surface area contributed by atoms with Crippen molar-refractivity contribution in [2.24, 2.45) is 5.41 Å². The summed E-state index contributed by atoms with van der Waals surface area (Å²) in [7, 11) is 0. The minimum atomic E-state index is -1.63. The third kappa shape index (κ3) is 17.6. The van der Waals surface area contributed by atoms with E-state index in [0.29, 0.717) is 5.41 Å². The van der Waals surface area contributed by atoms with Crippen LogP contribution in [0.15, 0.2) is 0 Å². The fourth-order valence-electron chi connectivity index (χ4n) is 1.85. The minimum Gasteiger partial charge on any atom is -0.550 e. The van der Waals surface area contributed by atoms with Crippen LogP contribution >= 0.6 is 0 Å². The van der Waals surface area contributed by atoms with E-state index >= 15 is 0 Å². The summed E-state index contributed by atoms with van der Waals surface area (Å²) in [6, 6.07) is 0. The number of hydrogen-bond acceptors (Lipinski definition) is 4. The Bertz CT molecular complexity index is 250. The molecule has 0 bridgehead atoms. The zero-order valence-electron chi connectivity index (χ0n) is 13.9. The summed E-state index contributed by atoms with van der Waals surface area (Å²) in [5.74, 6) is -1.46. The zero-order valence-corrected chi connectivity index (χ0v) is 17.9. The van der Waals surface area contributed by atoms with Crippen molar-refractivity contribution in [2.45, 2.75) is 59.3 Å². The molecule has 0 atom stereocenters. The molecule has 1 aliphatic rings. The van der Waals surface area contributed by atoms with Crippen LogP contribution in [0.25, 0.3) is 0 Å². The van der Waals surface area contributed by atoms with E-state index in [2.05, 4.69) is 20.8 Å². The summed E-state index contributed by atoms with van der Waals surface area (Å²) in [4.78, 5) is 18.6. The second-order valence-electron chi connectivity index (χ2n) is 5.34. The Hall–Kier alpha value is 1.54. The van der Waals surface area contributed by atoms with E-state index in [4.69, 9.17) is 0 Å². The first-order valence-corrected chi connectivity index (χ1v) is 5.98. The fraction of sp³-hybridized carbons (Fsp3) is 0.769. The summed E-state index contributed by atoms with van der Waals surface area (Å²) in [6.07, 6.45) is 6.09. The number of carbonyl (C=O) groups excluding carboxylic acids is 2. The molecule has 0 amide bonds. The van der Waals surface area contributed by atoms with Crippen molar-refractivity contribution in [3.63, 3.8) is 0 Å². The topological polar surface area (TPSA) is 80.3 Å². The van der Waals surface area contributed by atoms with Crippen LogP contribution in [0.3, 0.4) is 0 Å². The summed E-state index contributed by atoms with van der Waals surface area (Å²) < 4.78 is 0. The maximum absolute atomic E-state index is 9.28. The van der Waals surface area contributed by atoms with E-state index in [-0.39, 0.29) is 78.0 Å². The standard InChI is InChI=1S/C10H19.C3H4O4.Li.2Na/c1-10(2,3)9-7-5-4-6-8-9;4-2(5)1-3(6)7;;;/h4-8H2,1-3H3;1H2,(H,4,5)(H,6,7);;;/q-1;;3*+1/p-2. The maximum Gasteiger partial charge on any atom is 1.00 e. The first-order valence-electron chi connectivity index (χ1n) is 5.98. The quantitative estimate of drug-likeness (QED) is 0.288. The number of aliphatic carboxylic acids is 2. The van der Waals surface area contributed by atoms with Crippen molar-refractivity contribution in [1.29, 1.82) is 0 Å². The molecule has 0 N–H and O–H groups in total. The van der Waals surface area contributed by atoms with Gasteiger partial charge in [-0.25, -0.2) is 0 Å². The molecular formula is C13H21LiNa2O4. The Kier molecular flexibility index (Phi) is 22.8. The van der Waals surface area contributed by atoms with Crippen molar-refractivity contribution in [3.8, 4) is 0 Å². The van der Waals surface area contributed by atoms with Crippen molar-refractivity contribution >= 4 is 11.9 Å². The average Bonchev–Trinajstić information content (AvgIpc) is 2.16. The number of carboxylic acids is 2. The van der Waals surface area contributed by atoms with Crippen LogP contribution in [-0.4, -0.2) is 11.9 Å². The molecule has 0 aromatic heterocycles. The largest absolute Gasteiger partial charge is 1.00 e. The van der Waals surface area contributed by atoms with Crippen LogP contribution in [-0.2, 0) is 9.59 Å². The van der Waals surface area contributed by atoms with Gasteiger partial charge in [-0.05, 0) is 0 Å². The summed E-state index contributed by atoms with van der Waals surface area (Å²) in [6.45, 7) is 7.02. The molecule has 0 unspecified atom stereocenters. The van der Waals surface area contributed by atoms with Gasteiger partial charge in [0.25, 0.3) is 0 Å². The molecule has 1 rings (SSSR count). The Labute approximate surface area is 178 Å². The number of rotatable bonds is 2. The fourth-order valence-corrected chi connectivity index (χ4v) is 1.85. The normalized spacial score (nSPS) is 14.3. The first-order chi connectivity index (χ1) is 7.73. The molecule has 7 heteroatoms. The van der Waals surface area contributed by atoms with Crippen molar-refractivity contribution in [2.75, 3.05) is 0 Å². The molecule has 0 aliphatic heterocycles. The summed E-state index contributed by atoms with van der Waals surface area (Å²) in [5, 5.41) is 18.6. The van der Waals surface area contributed by atoms with Gasteiger partial charge in [0.2, 0.25) is 0 Å². The molecule has 1 saturated carbocycles. The van der Waals surface area contributed by atoms with Crippen LogP contribution in [0.1, 0.15) is 59.3 Å². The van der Waals surface area contributed by atoms with E-state index < -0.39 is 18.4 Å². The summed E-state index contributed by atoms with van der Waals surface area (Å²) >= 11 is 0. The maximum atomic E-state index is 9.28. The molecule has 20 heavy (non-hydrogen) atoms. The van der Waals surface area contributed by atoms with Crippen molar-refractivity contribution < 1.29 is 97.8 Å². The smallest absolute Gasteiger partial charge is 0.550 e. The SMILES string of the molecule is CC(C)(C)[C-]1CCCCC1.O=C([O-])CC(=O)[O-].[Li+].[Na+].[Na+]. The molecule has 100 valence electrons. The monoisotopic (exact) mass is 294 g/mol. The molecule has 0 saturated heterocycles. The second-order valence-corrected chi connectivity index (χ2v) is 5.34. The van der Waals surface area contributed by atoms with Crippen LogP contribution in [0, 0.1) is 11.3 Å². The molecular weight excluding hydrogens is 273 g/mol. The van der Waals surface area contributed by atoms with Crippen molar-refractivity contribution in [3.05, 3.63) is 5.92 Å². The van der Waals surface area contributed by atoms with E-state index in [1.165, 1.54) is 32.1 Å². The van der Waals surface area contributed by atoms with Gasteiger partial charge >= 0.3 is 78.0 Å². The van der Waals surface area contributed by atoms with Gasteiger partial charge in [0, 0.05) is 18.4 Å². The Morgan fingerprint density at radius 2 is 1.30 bits per heavy atom. The predicted molar refractivity (Wildman–Crippen MR) is 60.4 cm³/mol. The minimum absolute atomic E-state index is 0. The van der Waals surface area contributed by atoms with E-state index in [0.717, 1.165) is 0 Å². The van der Waals surface area contributed by atoms with Crippen LogP contribution in [0.4, 0.5) is 0 Å². The van der Waals surface area contributed by atoms with Gasteiger partial charge in [-0.3, -0.25) is 0 Å². The van der Waals surface area contributed by atoms with E-state index in [1.807, 2.05) is 0 Å². The molecule has 4 nitrogen and oxygen atoms in total. The molecule has 1 aliphatic carbocycles. The Morgan fingerprint density at radius 1 is 0.950 bits per heavy atom. The van der Waals surface area contributed by atoms with Gasteiger partial charge in [-0.2, -0.15) is 18.3 Å². The van der Waals surface area contributed by atoms with E-state index in [1.54, 1.807) is 5.92 Å². The van der Waals surface area contributed by atoms with Gasteiger partial charge in [-0.1, -0.05) is 40.0 Å². The van der Waals surface area contributed by atoms with Gasteiger partial charge in [0.1, 0.15) is 0 Å². The van der Waals surface area contributed by atoms with Crippen LogP contribution in [0.2, 0.25) is 0 Å². The average molecular weight is 294 g/mol.